The third-order valence-corrected chi connectivity index (χ3v) is 7.32. The predicted molar refractivity (Wildman–Crippen MR) is 101 cm³/mol. The fourth-order valence-electron chi connectivity index (χ4n) is 5.55. The zero-order valence-electron chi connectivity index (χ0n) is 16.5. The molecule has 3 heteroatoms. The highest BCUT2D eigenvalue weighted by atomic mass is 16.5. The lowest BCUT2D eigenvalue weighted by Crippen LogP contribution is -2.42. The van der Waals surface area contributed by atoms with Crippen LogP contribution in [0.1, 0.15) is 70.6 Å². The van der Waals surface area contributed by atoms with Crippen LogP contribution in [0.3, 0.4) is 0 Å². The highest BCUT2D eigenvalue weighted by Crippen LogP contribution is 2.39. The summed E-state index contributed by atoms with van der Waals surface area (Å²) in [6.45, 7) is 0. The Balaban J connectivity index is 1.47. The van der Waals surface area contributed by atoms with Crippen LogP contribution < -0.4 is 0 Å². The molecule has 2 aliphatic carbocycles. The van der Waals surface area contributed by atoms with Crippen molar-refractivity contribution in [2.75, 3.05) is 28.2 Å². The second-order valence-corrected chi connectivity index (χ2v) is 9.21. The molecule has 0 N–H and O–H groups in total. The number of rotatable bonds is 4. The minimum atomic E-state index is 0.568. The van der Waals surface area contributed by atoms with Crippen molar-refractivity contribution < 1.29 is 4.74 Å². The molecule has 3 nitrogen and oxygen atoms in total. The molecule has 2 saturated carbocycles. The summed E-state index contributed by atoms with van der Waals surface area (Å²) in [5, 5.41) is 0. The van der Waals surface area contributed by atoms with E-state index in [2.05, 4.69) is 38.0 Å². The molecule has 0 bridgehead atoms. The fraction of sp³-hybridized carbons (Fsp3) is 1.00. The lowest BCUT2D eigenvalue weighted by atomic mass is 9.77. The largest absolute Gasteiger partial charge is 0.374 e. The van der Waals surface area contributed by atoms with Crippen molar-refractivity contribution >= 4 is 0 Å². The smallest absolute Gasteiger partial charge is 0.0607 e. The van der Waals surface area contributed by atoms with E-state index in [1.807, 2.05) is 0 Å². The molecule has 0 aromatic heterocycles. The first-order valence-corrected chi connectivity index (χ1v) is 10.5. The maximum absolute atomic E-state index is 6.73. The Kier molecular flexibility index (Phi) is 6.62. The third kappa shape index (κ3) is 4.53. The average Bonchev–Trinajstić information content (AvgIpc) is 2.62. The summed E-state index contributed by atoms with van der Waals surface area (Å²) in [5.74, 6) is 1.67. The standard InChI is InChI=1S/C21H40N2O/c1-22(2)18-12-8-16(9-13-18)20-6-5-7-21(24-20)17-10-14-19(15-11-17)23(3)4/h16-21H,5-15H2,1-4H3. The van der Waals surface area contributed by atoms with E-state index in [-0.39, 0.29) is 0 Å². The lowest BCUT2D eigenvalue weighted by molar-refractivity contribution is -0.115. The second-order valence-electron chi connectivity index (χ2n) is 9.21. The summed E-state index contributed by atoms with van der Waals surface area (Å²) < 4.78 is 6.73. The molecule has 1 saturated heterocycles. The van der Waals surface area contributed by atoms with Crippen LogP contribution in [0.25, 0.3) is 0 Å². The lowest BCUT2D eigenvalue weighted by Gasteiger charge is -2.43. The zero-order chi connectivity index (χ0) is 17.1. The molecule has 2 unspecified atom stereocenters. The summed E-state index contributed by atoms with van der Waals surface area (Å²) in [7, 11) is 8.95. The molecule has 0 aromatic carbocycles. The van der Waals surface area contributed by atoms with Gasteiger partial charge in [-0.2, -0.15) is 0 Å². The van der Waals surface area contributed by atoms with Crippen molar-refractivity contribution in [3.05, 3.63) is 0 Å². The van der Waals surface area contributed by atoms with Gasteiger partial charge in [0, 0.05) is 12.1 Å². The monoisotopic (exact) mass is 336 g/mol. The van der Waals surface area contributed by atoms with Gasteiger partial charge in [-0.3, -0.25) is 0 Å². The van der Waals surface area contributed by atoms with Crippen LogP contribution in [-0.2, 0) is 4.74 Å². The SMILES string of the molecule is CN(C)C1CCC(C2CCCC(C3CCC(N(C)C)CC3)O2)CC1. The molecule has 2 atom stereocenters. The van der Waals surface area contributed by atoms with Crippen molar-refractivity contribution in [1.82, 2.24) is 9.80 Å². The molecule has 3 fully saturated rings. The molecule has 140 valence electrons. The van der Waals surface area contributed by atoms with Crippen molar-refractivity contribution in [2.45, 2.75) is 94.9 Å². The highest BCUT2D eigenvalue weighted by Gasteiger charge is 2.36. The molecular formula is C21H40N2O. The van der Waals surface area contributed by atoms with E-state index in [0.717, 1.165) is 23.9 Å². The first kappa shape index (κ1) is 18.7. The topological polar surface area (TPSA) is 15.7 Å². The van der Waals surface area contributed by atoms with E-state index in [0.29, 0.717) is 12.2 Å². The molecule has 24 heavy (non-hydrogen) atoms. The molecule has 0 aromatic rings. The summed E-state index contributed by atoms with van der Waals surface area (Å²) in [4.78, 5) is 4.84. The molecule has 3 rings (SSSR count). The van der Waals surface area contributed by atoms with Gasteiger partial charge in [0.05, 0.1) is 12.2 Å². The molecule has 3 aliphatic rings. The van der Waals surface area contributed by atoms with Crippen LogP contribution in [0.15, 0.2) is 0 Å². The van der Waals surface area contributed by atoms with Gasteiger partial charge in [-0.1, -0.05) is 0 Å². The Hall–Kier alpha value is -0.120. The third-order valence-electron chi connectivity index (χ3n) is 7.32. The van der Waals surface area contributed by atoms with Crippen LogP contribution in [0, 0.1) is 11.8 Å². The first-order chi connectivity index (χ1) is 11.5. The summed E-state index contributed by atoms with van der Waals surface area (Å²) in [6, 6.07) is 1.61. The van der Waals surface area contributed by atoms with Crippen LogP contribution >= 0.6 is 0 Å². The van der Waals surface area contributed by atoms with Gasteiger partial charge in [0.2, 0.25) is 0 Å². The summed E-state index contributed by atoms with van der Waals surface area (Å²) in [5.41, 5.74) is 0. The second kappa shape index (κ2) is 8.51. The molecule has 0 radical (unpaired) electrons. The normalized spacial score (nSPS) is 41.8. The Morgan fingerprint density at radius 2 is 0.917 bits per heavy atom. The zero-order valence-corrected chi connectivity index (χ0v) is 16.5. The van der Waals surface area contributed by atoms with E-state index < -0.39 is 0 Å². The Morgan fingerprint density at radius 1 is 0.542 bits per heavy atom. The van der Waals surface area contributed by atoms with E-state index in [1.165, 1.54) is 70.6 Å². The average molecular weight is 337 g/mol. The molecule has 1 aliphatic heterocycles. The quantitative estimate of drug-likeness (QED) is 0.766. The van der Waals surface area contributed by atoms with Crippen LogP contribution in [0.4, 0.5) is 0 Å². The van der Waals surface area contributed by atoms with Crippen LogP contribution in [0.5, 0.6) is 0 Å². The number of hydrogen-bond acceptors (Lipinski definition) is 3. The predicted octanol–water partition coefficient (Wildman–Crippen LogP) is 4.16. The minimum Gasteiger partial charge on any atom is -0.374 e. The van der Waals surface area contributed by atoms with Gasteiger partial charge in [-0.25, -0.2) is 0 Å². The van der Waals surface area contributed by atoms with Crippen molar-refractivity contribution in [2.24, 2.45) is 11.8 Å². The van der Waals surface area contributed by atoms with Crippen molar-refractivity contribution in [3.8, 4) is 0 Å². The van der Waals surface area contributed by atoms with Crippen LogP contribution in [-0.4, -0.2) is 62.3 Å². The van der Waals surface area contributed by atoms with Gasteiger partial charge in [-0.15, -0.1) is 0 Å². The molecular weight excluding hydrogens is 296 g/mol. The first-order valence-electron chi connectivity index (χ1n) is 10.5. The van der Waals surface area contributed by atoms with Gasteiger partial charge >= 0.3 is 0 Å². The van der Waals surface area contributed by atoms with Crippen LogP contribution in [0.2, 0.25) is 0 Å². The highest BCUT2D eigenvalue weighted by molar-refractivity contribution is 4.88. The maximum atomic E-state index is 6.73. The number of nitrogens with zero attached hydrogens (tertiary/aromatic N) is 2. The molecule has 0 spiro atoms. The van der Waals surface area contributed by atoms with E-state index >= 15 is 0 Å². The maximum Gasteiger partial charge on any atom is 0.0607 e. The summed E-state index contributed by atoms with van der Waals surface area (Å²) in [6.07, 6.45) is 16.2. The Morgan fingerprint density at radius 3 is 1.25 bits per heavy atom. The van der Waals surface area contributed by atoms with E-state index in [9.17, 15) is 0 Å². The van der Waals surface area contributed by atoms with Gasteiger partial charge in [-0.05, 0) is 111 Å². The minimum absolute atomic E-state index is 0.568. The van der Waals surface area contributed by atoms with Crippen molar-refractivity contribution in [1.29, 1.82) is 0 Å². The van der Waals surface area contributed by atoms with Gasteiger partial charge < -0.3 is 14.5 Å². The van der Waals surface area contributed by atoms with Gasteiger partial charge in [0.25, 0.3) is 0 Å². The number of hydrogen-bond donors (Lipinski definition) is 0. The van der Waals surface area contributed by atoms with E-state index in [4.69, 9.17) is 4.74 Å². The fourth-order valence-corrected chi connectivity index (χ4v) is 5.55. The Bertz CT molecular complexity index is 334. The Labute approximate surface area is 150 Å². The summed E-state index contributed by atoms with van der Waals surface area (Å²) >= 11 is 0. The number of ether oxygens (including phenoxy) is 1. The van der Waals surface area contributed by atoms with Gasteiger partial charge in [0.15, 0.2) is 0 Å². The van der Waals surface area contributed by atoms with Gasteiger partial charge in [0.1, 0.15) is 0 Å². The van der Waals surface area contributed by atoms with E-state index in [1.54, 1.807) is 0 Å². The molecule has 0 amide bonds. The van der Waals surface area contributed by atoms with Crippen molar-refractivity contribution in [3.63, 3.8) is 0 Å². The molecule has 1 heterocycles.